The summed E-state index contributed by atoms with van der Waals surface area (Å²) < 4.78 is 1.47. The van der Waals surface area contributed by atoms with E-state index >= 15 is 0 Å². The summed E-state index contributed by atoms with van der Waals surface area (Å²) >= 11 is 2.46. The molecule has 0 bridgehead atoms. The Kier molecular flexibility index (Phi) is 3.62. The van der Waals surface area contributed by atoms with Crippen LogP contribution in [0.5, 0.6) is 0 Å². The van der Waals surface area contributed by atoms with E-state index in [0.717, 1.165) is 6.42 Å². The number of rotatable bonds is 0. The molecular formula is C13H19I. The second kappa shape index (κ2) is 4.21. The van der Waals surface area contributed by atoms with E-state index < -0.39 is 0 Å². The van der Waals surface area contributed by atoms with Crippen LogP contribution in [0.3, 0.4) is 0 Å². The molecule has 0 spiro atoms. The van der Waals surface area contributed by atoms with Crippen molar-refractivity contribution in [3.63, 3.8) is 0 Å². The lowest BCUT2D eigenvalue weighted by molar-refractivity contribution is 0.515. The molecule has 0 radical (unpaired) electrons. The first-order chi connectivity index (χ1) is 6.32. The Balaban J connectivity index is 3.10. The van der Waals surface area contributed by atoms with Crippen molar-refractivity contribution in [2.24, 2.45) is 5.41 Å². The quantitative estimate of drug-likeness (QED) is 0.551. The lowest BCUT2D eigenvalue weighted by atomic mass is 9.85. The SMILES string of the molecule is CC1=CC(C(C)(C)C)=CCC(I)=C1C. The summed E-state index contributed by atoms with van der Waals surface area (Å²) in [5.41, 5.74) is 4.58. The summed E-state index contributed by atoms with van der Waals surface area (Å²) in [5, 5.41) is 0. The van der Waals surface area contributed by atoms with Gasteiger partial charge in [0.05, 0.1) is 0 Å². The van der Waals surface area contributed by atoms with Crippen molar-refractivity contribution in [1.82, 2.24) is 0 Å². The molecule has 0 saturated carbocycles. The van der Waals surface area contributed by atoms with Crippen LogP contribution in [0, 0.1) is 5.41 Å². The molecule has 14 heavy (non-hydrogen) atoms. The van der Waals surface area contributed by atoms with Gasteiger partial charge in [-0.1, -0.05) is 32.9 Å². The third-order valence-corrected chi connectivity index (χ3v) is 3.99. The van der Waals surface area contributed by atoms with Gasteiger partial charge in [0.1, 0.15) is 0 Å². The lowest BCUT2D eigenvalue weighted by Gasteiger charge is -2.20. The van der Waals surface area contributed by atoms with Gasteiger partial charge in [0.15, 0.2) is 0 Å². The zero-order chi connectivity index (χ0) is 10.9. The highest BCUT2D eigenvalue weighted by atomic mass is 127. The molecule has 0 aromatic carbocycles. The summed E-state index contributed by atoms with van der Waals surface area (Å²) in [6.07, 6.45) is 5.79. The second-order valence-electron chi connectivity index (χ2n) is 4.97. The molecule has 0 N–H and O–H groups in total. The van der Waals surface area contributed by atoms with Crippen LogP contribution >= 0.6 is 22.6 Å². The average molecular weight is 302 g/mol. The molecular weight excluding hydrogens is 283 g/mol. The highest BCUT2D eigenvalue weighted by molar-refractivity contribution is 14.1. The number of hydrogen-bond acceptors (Lipinski definition) is 0. The molecule has 1 aliphatic rings. The molecule has 78 valence electrons. The van der Waals surface area contributed by atoms with Crippen molar-refractivity contribution in [3.05, 3.63) is 32.5 Å². The van der Waals surface area contributed by atoms with E-state index in [0.29, 0.717) is 0 Å². The average Bonchev–Trinajstić information content (AvgIpc) is 2.17. The smallest absolute Gasteiger partial charge is 0.00243 e. The van der Waals surface area contributed by atoms with E-state index in [1.54, 1.807) is 0 Å². The van der Waals surface area contributed by atoms with Crippen LogP contribution < -0.4 is 0 Å². The van der Waals surface area contributed by atoms with E-state index in [1.807, 2.05) is 0 Å². The molecule has 0 nitrogen and oxygen atoms in total. The van der Waals surface area contributed by atoms with Crippen molar-refractivity contribution in [1.29, 1.82) is 0 Å². The Morgan fingerprint density at radius 1 is 1.21 bits per heavy atom. The molecule has 0 fully saturated rings. The molecule has 1 rings (SSSR count). The first-order valence-corrected chi connectivity index (χ1v) is 6.15. The monoisotopic (exact) mass is 302 g/mol. The van der Waals surface area contributed by atoms with Crippen molar-refractivity contribution >= 4 is 22.6 Å². The fourth-order valence-electron chi connectivity index (χ4n) is 1.49. The summed E-state index contributed by atoms with van der Waals surface area (Å²) in [6.45, 7) is 11.2. The predicted octanol–water partition coefficient (Wildman–Crippen LogP) is 5.02. The second-order valence-corrected chi connectivity index (χ2v) is 6.27. The fourth-order valence-corrected chi connectivity index (χ4v) is 2.14. The molecule has 0 saturated heterocycles. The van der Waals surface area contributed by atoms with E-state index in [1.165, 1.54) is 20.3 Å². The number of hydrogen-bond donors (Lipinski definition) is 0. The maximum absolute atomic E-state index is 2.46. The van der Waals surface area contributed by atoms with E-state index in [-0.39, 0.29) is 5.41 Å². The van der Waals surface area contributed by atoms with Crippen LogP contribution in [0.2, 0.25) is 0 Å². The molecule has 1 heteroatoms. The third-order valence-electron chi connectivity index (χ3n) is 2.74. The zero-order valence-electron chi connectivity index (χ0n) is 9.74. The van der Waals surface area contributed by atoms with Crippen LogP contribution in [-0.4, -0.2) is 0 Å². The maximum Gasteiger partial charge on any atom is -0.00243 e. The van der Waals surface area contributed by atoms with E-state index in [9.17, 15) is 0 Å². The fraction of sp³-hybridized carbons (Fsp3) is 0.538. The van der Waals surface area contributed by atoms with Gasteiger partial charge >= 0.3 is 0 Å². The topological polar surface area (TPSA) is 0 Å². The zero-order valence-corrected chi connectivity index (χ0v) is 11.9. The highest BCUT2D eigenvalue weighted by Gasteiger charge is 2.17. The Labute approximate surface area is 101 Å². The van der Waals surface area contributed by atoms with Crippen LogP contribution in [0.4, 0.5) is 0 Å². The first kappa shape index (κ1) is 12.0. The minimum Gasteiger partial charge on any atom is -0.0759 e. The standard InChI is InChI=1S/C13H19I/c1-9-8-11(13(3,4)5)6-7-12(14)10(9)2/h6,8H,7H2,1-5H3. The summed E-state index contributed by atoms with van der Waals surface area (Å²) in [7, 11) is 0. The Morgan fingerprint density at radius 2 is 1.79 bits per heavy atom. The van der Waals surface area contributed by atoms with Crippen molar-refractivity contribution < 1.29 is 0 Å². The predicted molar refractivity (Wildman–Crippen MR) is 72.6 cm³/mol. The first-order valence-electron chi connectivity index (χ1n) is 5.07. The largest absolute Gasteiger partial charge is 0.0759 e. The minimum atomic E-state index is 0.267. The van der Waals surface area contributed by atoms with Gasteiger partial charge in [0, 0.05) is 0 Å². The van der Waals surface area contributed by atoms with Gasteiger partial charge in [0.25, 0.3) is 0 Å². The molecule has 0 heterocycles. The summed E-state index contributed by atoms with van der Waals surface area (Å²) in [4.78, 5) is 0. The Morgan fingerprint density at radius 3 is 2.29 bits per heavy atom. The molecule has 1 aliphatic carbocycles. The third kappa shape index (κ3) is 2.72. The van der Waals surface area contributed by atoms with E-state index in [4.69, 9.17) is 0 Å². The lowest BCUT2D eigenvalue weighted by Crippen LogP contribution is -2.07. The molecule has 0 amide bonds. The highest BCUT2D eigenvalue weighted by Crippen LogP contribution is 2.34. The summed E-state index contributed by atoms with van der Waals surface area (Å²) in [6, 6.07) is 0. The van der Waals surface area contributed by atoms with Crippen molar-refractivity contribution in [2.45, 2.75) is 41.0 Å². The number of allylic oxidation sites excluding steroid dienone is 6. The van der Waals surface area contributed by atoms with Crippen LogP contribution in [0.1, 0.15) is 41.0 Å². The molecule has 0 unspecified atom stereocenters. The Hall–Kier alpha value is -0.0500. The minimum absolute atomic E-state index is 0.267. The van der Waals surface area contributed by atoms with Gasteiger partial charge in [-0.15, -0.1) is 0 Å². The van der Waals surface area contributed by atoms with Gasteiger partial charge < -0.3 is 0 Å². The van der Waals surface area contributed by atoms with Gasteiger partial charge in [-0.05, 0) is 68.6 Å². The van der Waals surface area contributed by atoms with Gasteiger partial charge in [-0.3, -0.25) is 0 Å². The van der Waals surface area contributed by atoms with Crippen LogP contribution in [0.25, 0.3) is 0 Å². The van der Waals surface area contributed by atoms with Crippen molar-refractivity contribution in [2.75, 3.05) is 0 Å². The molecule has 0 aromatic heterocycles. The maximum atomic E-state index is 2.46. The summed E-state index contributed by atoms with van der Waals surface area (Å²) in [5.74, 6) is 0. The van der Waals surface area contributed by atoms with Crippen LogP contribution in [-0.2, 0) is 0 Å². The van der Waals surface area contributed by atoms with Crippen LogP contribution in [0.15, 0.2) is 32.5 Å². The molecule has 0 aliphatic heterocycles. The Bertz CT molecular complexity index is 322. The van der Waals surface area contributed by atoms with Gasteiger partial charge in [0.2, 0.25) is 0 Å². The molecule has 0 atom stereocenters. The van der Waals surface area contributed by atoms with E-state index in [2.05, 4.69) is 69.4 Å². The molecule has 0 aromatic rings. The van der Waals surface area contributed by atoms with Gasteiger partial charge in [-0.2, -0.15) is 0 Å². The van der Waals surface area contributed by atoms with Gasteiger partial charge in [-0.25, -0.2) is 0 Å². The number of halogens is 1. The van der Waals surface area contributed by atoms with Crippen molar-refractivity contribution in [3.8, 4) is 0 Å². The normalized spacial score (nSPS) is 19.0.